The Morgan fingerprint density at radius 1 is 1.44 bits per heavy atom. The lowest BCUT2D eigenvalue weighted by atomic mass is 10.0. The minimum absolute atomic E-state index is 0.411. The van der Waals surface area contributed by atoms with Crippen molar-refractivity contribution >= 4 is 18.3 Å². The Labute approximate surface area is 93.2 Å². The van der Waals surface area contributed by atoms with Crippen LogP contribution in [0.2, 0.25) is 0 Å². The van der Waals surface area contributed by atoms with E-state index in [0.29, 0.717) is 23.2 Å². The third kappa shape index (κ3) is 2.70. The van der Waals surface area contributed by atoms with E-state index in [0.717, 1.165) is 11.6 Å². The van der Waals surface area contributed by atoms with Crippen molar-refractivity contribution < 1.29 is 19.4 Å². The number of carboxylic acids is 1. The Balaban J connectivity index is 3.32. The number of carbonyl (C=O) groups is 2. The molecule has 0 saturated heterocycles. The summed E-state index contributed by atoms with van der Waals surface area (Å²) in [4.78, 5) is 21.3. The van der Waals surface area contributed by atoms with Gasteiger partial charge in [0, 0.05) is 17.2 Å². The molecule has 1 aromatic carbocycles. The first-order chi connectivity index (χ1) is 7.58. The molecule has 0 radical (unpaired) electrons. The maximum Gasteiger partial charge on any atom is 0.328 e. The number of carboxylic acid groups (broad SMARTS) is 1. The van der Waals surface area contributed by atoms with E-state index in [1.54, 1.807) is 12.1 Å². The molecule has 0 heterocycles. The van der Waals surface area contributed by atoms with Gasteiger partial charge >= 0.3 is 5.97 Å². The molecule has 0 unspecified atom stereocenters. The van der Waals surface area contributed by atoms with Gasteiger partial charge in [0.2, 0.25) is 0 Å². The number of hydrogen-bond donors (Lipinski definition) is 1. The van der Waals surface area contributed by atoms with Crippen molar-refractivity contribution in [3.05, 3.63) is 34.9 Å². The zero-order valence-corrected chi connectivity index (χ0v) is 9.06. The molecule has 0 aliphatic rings. The Kier molecular flexibility index (Phi) is 3.83. The van der Waals surface area contributed by atoms with Gasteiger partial charge in [0.1, 0.15) is 5.75 Å². The molecular weight excluding hydrogens is 208 g/mol. The van der Waals surface area contributed by atoms with Gasteiger partial charge in [0.25, 0.3) is 0 Å². The van der Waals surface area contributed by atoms with Crippen LogP contribution in [0, 0.1) is 6.92 Å². The summed E-state index contributed by atoms with van der Waals surface area (Å²) < 4.78 is 5.10. The van der Waals surface area contributed by atoms with Crippen LogP contribution in [0.1, 0.15) is 21.5 Å². The molecule has 0 saturated carbocycles. The fourth-order valence-corrected chi connectivity index (χ4v) is 1.39. The third-order valence-corrected chi connectivity index (χ3v) is 2.06. The highest BCUT2D eigenvalue weighted by Gasteiger charge is 2.07. The first-order valence-corrected chi connectivity index (χ1v) is 4.63. The van der Waals surface area contributed by atoms with E-state index in [4.69, 9.17) is 9.84 Å². The Morgan fingerprint density at radius 3 is 2.62 bits per heavy atom. The molecule has 0 amide bonds. The summed E-state index contributed by atoms with van der Waals surface area (Å²) in [6.07, 6.45) is 3.00. The van der Waals surface area contributed by atoms with Crippen molar-refractivity contribution in [3.63, 3.8) is 0 Å². The maximum atomic E-state index is 10.9. The van der Waals surface area contributed by atoms with Crippen LogP contribution >= 0.6 is 0 Å². The topological polar surface area (TPSA) is 63.6 Å². The highest BCUT2D eigenvalue weighted by molar-refractivity contribution is 5.90. The highest BCUT2D eigenvalue weighted by atomic mass is 16.5. The van der Waals surface area contributed by atoms with Gasteiger partial charge in [-0.15, -0.1) is 0 Å². The first kappa shape index (κ1) is 12.0. The summed E-state index contributed by atoms with van der Waals surface area (Å²) in [5.74, 6) is -0.584. The molecule has 1 aromatic rings. The lowest BCUT2D eigenvalue weighted by Gasteiger charge is -2.08. The summed E-state index contributed by atoms with van der Waals surface area (Å²) in [5, 5.41) is 8.54. The minimum atomic E-state index is -1.07. The molecule has 0 bridgehead atoms. The second-order valence-corrected chi connectivity index (χ2v) is 3.26. The molecule has 0 aliphatic heterocycles. The first-order valence-electron chi connectivity index (χ1n) is 4.63. The van der Waals surface area contributed by atoms with Crippen molar-refractivity contribution in [2.45, 2.75) is 6.92 Å². The van der Waals surface area contributed by atoms with Gasteiger partial charge in [-0.05, 0) is 30.7 Å². The number of rotatable bonds is 4. The molecule has 84 valence electrons. The third-order valence-electron chi connectivity index (χ3n) is 2.06. The number of aldehydes is 1. The molecule has 4 heteroatoms. The number of aliphatic carboxylic acids is 1. The average Bonchev–Trinajstić information content (AvgIpc) is 2.25. The summed E-state index contributed by atoms with van der Waals surface area (Å²) >= 11 is 0. The van der Waals surface area contributed by atoms with Crippen LogP contribution in [0.15, 0.2) is 18.2 Å². The normalized spacial score (nSPS) is 10.4. The molecule has 0 aliphatic carbocycles. The van der Waals surface area contributed by atoms with Crippen LogP contribution in [0.4, 0.5) is 0 Å². The Hall–Kier alpha value is -2.10. The van der Waals surface area contributed by atoms with E-state index < -0.39 is 5.97 Å². The van der Waals surface area contributed by atoms with Crippen molar-refractivity contribution in [3.8, 4) is 5.75 Å². The van der Waals surface area contributed by atoms with Gasteiger partial charge in [0.15, 0.2) is 6.29 Å². The van der Waals surface area contributed by atoms with E-state index in [1.165, 1.54) is 13.2 Å². The molecule has 0 atom stereocenters. The molecule has 0 aromatic heterocycles. The quantitative estimate of drug-likeness (QED) is 0.622. The highest BCUT2D eigenvalue weighted by Crippen LogP contribution is 2.24. The SMILES string of the molecule is COc1cc(C)cc(C=O)c1/C=C/C(=O)O. The second-order valence-electron chi connectivity index (χ2n) is 3.26. The van der Waals surface area contributed by atoms with Gasteiger partial charge in [-0.3, -0.25) is 4.79 Å². The number of benzene rings is 1. The van der Waals surface area contributed by atoms with Gasteiger partial charge in [-0.1, -0.05) is 0 Å². The van der Waals surface area contributed by atoms with Crippen LogP contribution in [0.5, 0.6) is 5.75 Å². The zero-order valence-electron chi connectivity index (χ0n) is 9.06. The van der Waals surface area contributed by atoms with Crippen LogP contribution in [0.3, 0.4) is 0 Å². The average molecular weight is 220 g/mol. The van der Waals surface area contributed by atoms with Gasteiger partial charge < -0.3 is 9.84 Å². The van der Waals surface area contributed by atoms with Crippen LogP contribution in [-0.2, 0) is 4.79 Å². The lowest BCUT2D eigenvalue weighted by molar-refractivity contribution is -0.131. The molecule has 0 fully saturated rings. The van der Waals surface area contributed by atoms with Gasteiger partial charge in [-0.25, -0.2) is 4.79 Å². The summed E-state index contributed by atoms with van der Waals surface area (Å²) in [7, 11) is 1.47. The predicted octanol–water partition coefficient (Wildman–Crippen LogP) is 1.91. The van der Waals surface area contributed by atoms with Crippen LogP contribution in [-0.4, -0.2) is 24.5 Å². The van der Waals surface area contributed by atoms with Gasteiger partial charge in [0.05, 0.1) is 7.11 Å². The largest absolute Gasteiger partial charge is 0.496 e. The number of ether oxygens (including phenoxy) is 1. The van der Waals surface area contributed by atoms with Crippen LogP contribution in [0.25, 0.3) is 6.08 Å². The molecule has 4 nitrogen and oxygen atoms in total. The standard InChI is InChI=1S/C12H12O4/c1-8-5-9(7-13)10(3-4-12(14)15)11(6-8)16-2/h3-7H,1-2H3,(H,14,15)/b4-3+. The molecule has 1 rings (SSSR count). The monoisotopic (exact) mass is 220 g/mol. The molecule has 1 N–H and O–H groups in total. The van der Waals surface area contributed by atoms with Crippen molar-refractivity contribution in [1.82, 2.24) is 0 Å². The second kappa shape index (κ2) is 5.11. The zero-order chi connectivity index (χ0) is 12.1. The number of carbonyl (C=O) groups excluding carboxylic acids is 1. The van der Waals surface area contributed by atoms with E-state index in [9.17, 15) is 9.59 Å². The minimum Gasteiger partial charge on any atom is -0.496 e. The molecule has 0 spiro atoms. The lowest BCUT2D eigenvalue weighted by Crippen LogP contribution is -1.95. The number of methoxy groups -OCH3 is 1. The van der Waals surface area contributed by atoms with Crippen LogP contribution < -0.4 is 4.74 Å². The fourth-order valence-electron chi connectivity index (χ4n) is 1.39. The number of aryl methyl sites for hydroxylation is 1. The molecular formula is C12H12O4. The van der Waals surface area contributed by atoms with E-state index in [2.05, 4.69) is 0 Å². The van der Waals surface area contributed by atoms with E-state index in [-0.39, 0.29) is 0 Å². The Bertz CT molecular complexity index is 447. The summed E-state index contributed by atoms with van der Waals surface area (Å²) in [5.41, 5.74) is 1.77. The molecule has 16 heavy (non-hydrogen) atoms. The predicted molar refractivity (Wildman–Crippen MR) is 59.8 cm³/mol. The van der Waals surface area contributed by atoms with E-state index >= 15 is 0 Å². The maximum absolute atomic E-state index is 10.9. The summed E-state index contributed by atoms with van der Waals surface area (Å²) in [6, 6.07) is 3.42. The van der Waals surface area contributed by atoms with Crippen molar-refractivity contribution in [1.29, 1.82) is 0 Å². The smallest absolute Gasteiger partial charge is 0.328 e. The van der Waals surface area contributed by atoms with Gasteiger partial charge in [-0.2, -0.15) is 0 Å². The number of hydrogen-bond acceptors (Lipinski definition) is 3. The van der Waals surface area contributed by atoms with Crippen molar-refractivity contribution in [2.24, 2.45) is 0 Å². The summed E-state index contributed by atoms with van der Waals surface area (Å²) in [6.45, 7) is 1.83. The van der Waals surface area contributed by atoms with E-state index in [1.807, 2.05) is 6.92 Å². The van der Waals surface area contributed by atoms with Crippen molar-refractivity contribution in [2.75, 3.05) is 7.11 Å². The Morgan fingerprint density at radius 2 is 2.12 bits per heavy atom. The fraction of sp³-hybridized carbons (Fsp3) is 0.167.